The van der Waals surface area contributed by atoms with E-state index in [1.54, 1.807) is 6.92 Å². The summed E-state index contributed by atoms with van der Waals surface area (Å²) in [7, 11) is 0. The number of hydrogen-bond donors (Lipinski definition) is 2. The minimum absolute atomic E-state index is 0.315. The van der Waals surface area contributed by atoms with Gasteiger partial charge in [0.15, 0.2) is 0 Å². The summed E-state index contributed by atoms with van der Waals surface area (Å²) in [6, 6.07) is 0. The summed E-state index contributed by atoms with van der Waals surface area (Å²) in [5.74, 6) is 0. The van der Waals surface area contributed by atoms with Crippen LogP contribution in [0.3, 0.4) is 0 Å². The van der Waals surface area contributed by atoms with Gasteiger partial charge in [0.25, 0.3) is 0 Å². The van der Waals surface area contributed by atoms with Crippen LogP contribution in [0.1, 0.15) is 26.7 Å². The Morgan fingerprint density at radius 3 is 2.58 bits per heavy atom. The molecule has 0 heterocycles. The first-order valence-electron chi connectivity index (χ1n) is 4.33. The molecule has 0 saturated carbocycles. The van der Waals surface area contributed by atoms with Gasteiger partial charge in [-0.05, 0) is 44.4 Å². The Morgan fingerprint density at radius 1 is 1.67 bits per heavy atom. The van der Waals surface area contributed by atoms with Gasteiger partial charge in [0.1, 0.15) is 0 Å². The van der Waals surface area contributed by atoms with Crippen LogP contribution in [-0.4, -0.2) is 17.8 Å². The molecule has 0 bridgehead atoms. The van der Waals surface area contributed by atoms with Crippen molar-refractivity contribution >= 4 is 0 Å². The molecule has 0 aromatic rings. The van der Waals surface area contributed by atoms with Crippen molar-refractivity contribution in [2.75, 3.05) is 6.54 Å². The maximum Gasteiger partial charge on any atom is 0.0552 e. The number of allylic oxidation sites excluding steroid dienone is 1. The maximum absolute atomic E-state index is 9.12. The van der Waals surface area contributed by atoms with Crippen LogP contribution in [0.4, 0.5) is 0 Å². The summed E-state index contributed by atoms with van der Waals surface area (Å²) in [4.78, 5) is 0. The van der Waals surface area contributed by atoms with E-state index < -0.39 is 0 Å². The van der Waals surface area contributed by atoms with Gasteiger partial charge in [-0.25, -0.2) is 0 Å². The predicted molar refractivity (Wildman–Crippen MR) is 52.9 cm³/mol. The van der Waals surface area contributed by atoms with E-state index in [1.807, 2.05) is 13.0 Å². The van der Waals surface area contributed by atoms with Gasteiger partial charge in [0.05, 0.1) is 6.10 Å². The molecule has 0 aliphatic carbocycles. The van der Waals surface area contributed by atoms with E-state index in [4.69, 9.17) is 10.8 Å². The van der Waals surface area contributed by atoms with Gasteiger partial charge in [-0.15, -0.1) is 0 Å². The van der Waals surface area contributed by atoms with Crippen LogP contribution in [0.5, 0.6) is 0 Å². The summed E-state index contributed by atoms with van der Waals surface area (Å²) in [6.07, 6.45) is 3.18. The molecule has 0 rings (SSSR count). The van der Waals surface area contributed by atoms with Crippen molar-refractivity contribution in [3.63, 3.8) is 0 Å². The highest BCUT2D eigenvalue weighted by Crippen LogP contribution is 2.16. The van der Waals surface area contributed by atoms with Crippen LogP contribution in [0, 0.1) is 0 Å². The third-order valence-electron chi connectivity index (χ3n) is 1.76. The largest absolute Gasteiger partial charge is 0.393 e. The van der Waals surface area contributed by atoms with Gasteiger partial charge in [-0.3, -0.25) is 0 Å². The highest BCUT2D eigenvalue weighted by Gasteiger charge is 2.04. The molecule has 1 unspecified atom stereocenters. The summed E-state index contributed by atoms with van der Waals surface area (Å²) in [6.45, 7) is 8.27. The van der Waals surface area contributed by atoms with E-state index in [0.717, 1.165) is 12.0 Å². The lowest BCUT2D eigenvalue weighted by Gasteiger charge is -2.10. The Balaban J connectivity index is 4.05. The Morgan fingerprint density at radius 2 is 2.25 bits per heavy atom. The fourth-order valence-electron chi connectivity index (χ4n) is 1.17. The third kappa shape index (κ3) is 4.31. The lowest BCUT2D eigenvalue weighted by Crippen LogP contribution is -2.06. The first kappa shape index (κ1) is 11.4. The molecule has 70 valence electrons. The molecule has 0 amide bonds. The highest BCUT2D eigenvalue weighted by atomic mass is 16.3. The van der Waals surface area contributed by atoms with Crippen LogP contribution >= 0.6 is 0 Å². The van der Waals surface area contributed by atoms with Gasteiger partial charge in [0.2, 0.25) is 0 Å². The highest BCUT2D eigenvalue weighted by molar-refractivity contribution is 5.28. The van der Waals surface area contributed by atoms with Gasteiger partial charge in [-0.2, -0.15) is 0 Å². The molecule has 3 N–H and O–H groups in total. The number of aliphatic hydroxyl groups is 1. The molecule has 0 saturated heterocycles. The molecule has 2 nitrogen and oxygen atoms in total. The number of hydrogen-bond acceptors (Lipinski definition) is 2. The van der Waals surface area contributed by atoms with E-state index in [0.29, 0.717) is 13.0 Å². The predicted octanol–water partition coefficient (Wildman–Crippen LogP) is 1.61. The van der Waals surface area contributed by atoms with E-state index in [1.165, 1.54) is 5.57 Å². The molecule has 0 aliphatic rings. The van der Waals surface area contributed by atoms with Crippen molar-refractivity contribution in [2.24, 2.45) is 5.73 Å². The van der Waals surface area contributed by atoms with Gasteiger partial charge < -0.3 is 10.8 Å². The third-order valence-corrected chi connectivity index (χ3v) is 1.76. The molecule has 1 atom stereocenters. The van der Waals surface area contributed by atoms with Crippen molar-refractivity contribution in [3.8, 4) is 0 Å². The zero-order valence-corrected chi connectivity index (χ0v) is 8.01. The Kier molecular flexibility index (Phi) is 5.68. The van der Waals surface area contributed by atoms with Gasteiger partial charge in [-0.1, -0.05) is 12.7 Å². The first-order chi connectivity index (χ1) is 5.61. The van der Waals surface area contributed by atoms with Crippen LogP contribution < -0.4 is 5.73 Å². The Bertz CT molecular complexity index is 171. The molecule has 0 aromatic heterocycles. The van der Waals surface area contributed by atoms with Gasteiger partial charge in [0, 0.05) is 0 Å². The number of rotatable bonds is 5. The molecule has 12 heavy (non-hydrogen) atoms. The first-order valence-corrected chi connectivity index (χ1v) is 4.33. The average molecular weight is 169 g/mol. The summed E-state index contributed by atoms with van der Waals surface area (Å²) < 4.78 is 0. The van der Waals surface area contributed by atoms with Crippen molar-refractivity contribution < 1.29 is 5.11 Å². The topological polar surface area (TPSA) is 46.2 Å². The van der Waals surface area contributed by atoms with Gasteiger partial charge >= 0.3 is 0 Å². The smallest absolute Gasteiger partial charge is 0.0552 e. The second kappa shape index (κ2) is 5.98. The standard InChI is InChI=1S/C10H19NO/c1-4-10(5-6-11)8(2)7-9(3)12/h4,9,12H,2,5-7,11H2,1,3H3/b10-4-. The van der Waals surface area contributed by atoms with Crippen LogP contribution in [0.15, 0.2) is 23.8 Å². The molecule has 0 spiro atoms. The van der Waals surface area contributed by atoms with E-state index in [-0.39, 0.29) is 6.10 Å². The Labute approximate surface area is 74.8 Å². The van der Waals surface area contributed by atoms with Crippen LogP contribution in [-0.2, 0) is 0 Å². The van der Waals surface area contributed by atoms with Crippen molar-refractivity contribution in [1.82, 2.24) is 0 Å². The molecule has 2 heteroatoms. The fourth-order valence-corrected chi connectivity index (χ4v) is 1.17. The molecule has 0 fully saturated rings. The summed E-state index contributed by atoms with van der Waals surface area (Å²) in [5, 5.41) is 9.12. The lowest BCUT2D eigenvalue weighted by molar-refractivity contribution is 0.196. The number of nitrogens with two attached hydrogens (primary N) is 1. The fraction of sp³-hybridized carbons (Fsp3) is 0.600. The minimum atomic E-state index is -0.315. The zero-order valence-electron chi connectivity index (χ0n) is 8.01. The second-order valence-electron chi connectivity index (χ2n) is 3.01. The summed E-state index contributed by atoms with van der Waals surface area (Å²) >= 11 is 0. The lowest BCUT2D eigenvalue weighted by atomic mass is 9.99. The molecular formula is C10H19NO. The van der Waals surface area contributed by atoms with E-state index in [2.05, 4.69) is 6.58 Å². The maximum atomic E-state index is 9.12. The van der Waals surface area contributed by atoms with E-state index >= 15 is 0 Å². The monoisotopic (exact) mass is 169 g/mol. The molecule has 0 radical (unpaired) electrons. The minimum Gasteiger partial charge on any atom is -0.393 e. The van der Waals surface area contributed by atoms with Crippen molar-refractivity contribution in [1.29, 1.82) is 0 Å². The summed E-state index contributed by atoms with van der Waals surface area (Å²) in [5.41, 5.74) is 7.59. The molecule has 0 aromatic carbocycles. The van der Waals surface area contributed by atoms with Crippen molar-refractivity contribution in [3.05, 3.63) is 23.8 Å². The quantitative estimate of drug-likeness (QED) is 0.614. The average Bonchev–Trinajstić information content (AvgIpc) is 1.98. The molecular weight excluding hydrogens is 150 g/mol. The zero-order chi connectivity index (χ0) is 9.56. The Hall–Kier alpha value is -0.600. The normalized spacial score (nSPS) is 14.5. The SMILES string of the molecule is C=C(CC(C)O)/C(=C\C)CCN. The van der Waals surface area contributed by atoms with E-state index in [9.17, 15) is 0 Å². The second-order valence-corrected chi connectivity index (χ2v) is 3.01. The van der Waals surface area contributed by atoms with Crippen molar-refractivity contribution in [2.45, 2.75) is 32.8 Å². The molecule has 0 aliphatic heterocycles. The van der Waals surface area contributed by atoms with Crippen LogP contribution in [0.25, 0.3) is 0 Å². The van der Waals surface area contributed by atoms with Crippen LogP contribution in [0.2, 0.25) is 0 Å². The number of aliphatic hydroxyl groups excluding tert-OH is 1.